The topological polar surface area (TPSA) is 328 Å². The van der Waals surface area contributed by atoms with Gasteiger partial charge in [-0.05, 0) is 47.7 Å². The number of nitrogens with zero attached hydrogens (tertiary/aromatic N) is 6. The number of hydrogen-bond acceptors (Lipinski definition) is 22. The van der Waals surface area contributed by atoms with Gasteiger partial charge in [-0.3, -0.25) is 0 Å². The van der Waals surface area contributed by atoms with Crippen molar-refractivity contribution in [2.24, 2.45) is 10.2 Å². The van der Waals surface area contributed by atoms with Gasteiger partial charge in [0.2, 0.25) is 5.95 Å². The van der Waals surface area contributed by atoms with E-state index in [-0.39, 0.29) is 181 Å². The van der Waals surface area contributed by atoms with E-state index in [9.17, 15) is 57.0 Å². The molecule has 2 N–H and O–H groups in total. The standard InChI is InChI=1S/C27H31N7O13S6.4Na/c1-28-19-6-5-17-13-18(52(42,43)44)14-21(35)23(17)24(19)33-32-20-12-16(4-7-22(20)53(45,46)47)15-34(2)25-29-26(48-8-3-10-50(36,37)38)31-27(30-25)49-9-11-51(39,40)41;;;;/h4-7,12-14,28,35H,3,8-11,15H2,1-2H3,(H,36,37,38)(H,39,40,41)(H,42,43,44)(H,45,46,47);;;;/q;4*+1/p-4. The van der Waals surface area contributed by atoms with Crippen molar-refractivity contribution in [1.29, 1.82) is 0 Å². The summed E-state index contributed by atoms with van der Waals surface area (Å²) in [6.07, 6.45) is -0.0200. The van der Waals surface area contributed by atoms with E-state index < -0.39 is 73.2 Å². The molecule has 0 radical (unpaired) electrons. The predicted octanol–water partition coefficient (Wildman–Crippen LogP) is -9.69. The van der Waals surface area contributed by atoms with Crippen molar-refractivity contribution in [3.63, 3.8) is 0 Å². The Morgan fingerprint density at radius 2 is 1.35 bits per heavy atom. The van der Waals surface area contributed by atoms with Crippen molar-refractivity contribution in [3.05, 3.63) is 48.0 Å². The Kier molecular flexibility index (Phi) is 24.3. The molecule has 4 aromatic rings. The summed E-state index contributed by atoms with van der Waals surface area (Å²) in [7, 11) is -16.0. The van der Waals surface area contributed by atoms with Crippen LogP contribution in [0, 0.1) is 0 Å². The number of thioether (sulfide) groups is 2. The third kappa shape index (κ3) is 17.9. The van der Waals surface area contributed by atoms with Gasteiger partial charge in [0.15, 0.2) is 10.3 Å². The van der Waals surface area contributed by atoms with Crippen LogP contribution in [0.1, 0.15) is 12.0 Å². The third-order valence-corrected chi connectivity index (χ3v) is 12.1. The number of aromatic nitrogens is 3. The summed E-state index contributed by atoms with van der Waals surface area (Å²) in [6.45, 7) is -0.0629. The van der Waals surface area contributed by atoms with Gasteiger partial charge < -0.3 is 33.5 Å². The van der Waals surface area contributed by atoms with E-state index in [0.717, 1.165) is 41.7 Å². The number of anilines is 2. The van der Waals surface area contributed by atoms with Gasteiger partial charge in [0.05, 0.1) is 41.1 Å². The molecule has 0 bridgehead atoms. The molecule has 0 spiro atoms. The van der Waals surface area contributed by atoms with E-state index in [2.05, 4.69) is 30.5 Å². The summed E-state index contributed by atoms with van der Waals surface area (Å²) in [5.74, 6) is -2.05. The van der Waals surface area contributed by atoms with Gasteiger partial charge in [-0.15, -0.1) is 10.2 Å². The van der Waals surface area contributed by atoms with Gasteiger partial charge in [-0.2, -0.15) is 15.0 Å². The summed E-state index contributed by atoms with van der Waals surface area (Å²) in [6, 6.07) is 8.11. The molecule has 57 heavy (non-hydrogen) atoms. The minimum absolute atomic E-state index is 0. The molecule has 3 aromatic carbocycles. The Morgan fingerprint density at radius 1 is 0.754 bits per heavy atom. The molecule has 0 aliphatic heterocycles. The second kappa shape index (κ2) is 24.2. The summed E-state index contributed by atoms with van der Waals surface area (Å²) >= 11 is 1.82. The first-order valence-electron chi connectivity index (χ1n) is 14.6. The number of phenols is 1. The van der Waals surface area contributed by atoms with Gasteiger partial charge in [-0.1, -0.05) is 35.7 Å². The van der Waals surface area contributed by atoms with E-state index >= 15 is 0 Å². The molecule has 20 nitrogen and oxygen atoms in total. The minimum atomic E-state index is -5.12. The molecule has 0 atom stereocenters. The van der Waals surface area contributed by atoms with Crippen LogP contribution in [0.15, 0.2) is 72.8 Å². The molecular formula is C27H27N7Na4O13S6. The number of nitrogens with one attached hydrogen (secondary N) is 1. The molecule has 0 unspecified atom stereocenters. The summed E-state index contributed by atoms with van der Waals surface area (Å²) in [5.41, 5.74) is 0.0810. The summed E-state index contributed by atoms with van der Waals surface area (Å²) in [4.78, 5) is 12.8. The van der Waals surface area contributed by atoms with E-state index in [1.807, 2.05) is 0 Å². The fourth-order valence-electron chi connectivity index (χ4n) is 4.51. The first kappa shape index (κ1) is 57.3. The van der Waals surface area contributed by atoms with Crippen molar-refractivity contribution < 1.29 is 175 Å². The molecule has 4 rings (SSSR count). The first-order chi connectivity index (χ1) is 24.5. The SMILES string of the molecule is CNc1ccc2cc(S(=O)(=O)[O-])cc(O)c2c1N=Nc1cc(CN(C)c2nc(SCCCS(=O)(=O)[O-])nc(SCCS(=O)(=O)[O-])n2)ccc1S(=O)(=O)[O-].[Na+].[Na+].[Na+].[Na+]. The van der Waals surface area contributed by atoms with Crippen LogP contribution in [0.2, 0.25) is 0 Å². The molecule has 0 saturated heterocycles. The maximum atomic E-state index is 12.2. The predicted molar refractivity (Wildman–Crippen MR) is 189 cm³/mol. The van der Waals surface area contributed by atoms with Crippen LogP contribution in [-0.2, 0) is 47.0 Å². The number of fused-ring (bicyclic) bond motifs is 1. The number of phenolic OH excluding ortho intramolecular Hbond substituents is 1. The number of benzene rings is 3. The summed E-state index contributed by atoms with van der Waals surface area (Å²) in [5, 5.41) is 21.7. The largest absolute Gasteiger partial charge is 1.00 e. The Bertz CT molecular complexity index is 2520. The molecule has 0 saturated carbocycles. The van der Waals surface area contributed by atoms with Crippen LogP contribution in [0.3, 0.4) is 0 Å². The maximum absolute atomic E-state index is 12.2. The van der Waals surface area contributed by atoms with Crippen LogP contribution in [0.4, 0.5) is 23.0 Å². The molecule has 1 heterocycles. The Labute approximate surface area is 426 Å². The van der Waals surface area contributed by atoms with Crippen molar-refractivity contribution >= 4 is 97.8 Å². The Morgan fingerprint density at radius 3 is 1.89 bits per heavy atom. The second-order valence-corrected chi connectivity index (χ2v) is 18.7. The van der Waals surface area contributed by atoms with Crippen LogP contribution in [0.5, 0.6) is 5.75 Å². The van der Waals surface area contributed by atoms with E-state index in [0.29, 0.717) is 5.56 Å². The number of azo groups is 1. The maximum Gasteiger partial charge on any atom is 1.00 e. The molecule has 0 fully saturated rings. The van der Waals surface area contributed by atoms with Gasteiger partial charge in [0.25, 0.3) is 0 Å². The fourth-order valence-corrected chi connectivity index (χ4v) is 8.76. The van der Waals surface area contributed by atoms with Crippen molar-refractivity contribution in [2.45, 2.75) is 33.1 Å². The molecule has 0 aliphatic rings. The van der Waals surface area contributed by atoms with E-state index in [1.165, 1.54) is 43.3 Å². The van der Waals surface area contributed by atoms with Gasteiger partial charge >= 0.3 is 118 Å². The molecular weight excluding hydrogens is 915 g/mol. The summed E-state index contributed by atoms with van der Waals surface area (Å²) < 4.78 is 137. The Balaban J connectivity index is 0.00000784. The van der Waals surface area contributed by atoms with Crippen LogP contribution in [0.25, 0.3) is 10.8 Å². The zero-order valence-corrected chi connectivity index (χ0v) is 44.2. The number of rotatable bonds is 17. The minimum Gasteiger partial charge on any atom is -0.748 e. The quantitative estimate of drug-likeness (QED) is 0.0326. The molecule has 288 valence electrons. The van der Waals surface area contributed by atoms with Crippen molar-refractivity contribution in [3.8, 4) is 5.75 Å². The monoisotopic (exact) mass is 941 g/mol. The number of hydrogen-bond donors (Lipinski definition) is 2. The zero-order valence-electron chi connectivity index (χ0n) is 31.3. The van der Waals surface area contributed by atoms with Crippen LogP contribution in [-0.4, -0.2) is 109 Å². The van der Waals surface area contributed by atoms with Gasteiger partial charge in [0, 0.05) is 43.7 Å². The zero-order chi connectivity index (χ0) is 39.4. The van der Waals surface area contributed by atoms with Crippen molar-refractivity contribution in [1.82, 2.24) is 15.0 Å². The van der Waals surface area contributed by atoms with Gasteiger partial charge in [-0.25, -0.2) is 33.7 Å². The fraction of sp³-hybridized carbons (Fsp3) is 0.296. The molecule has 30 heteroatoms. The molecule has 1 aromatic heterocycles. The van der Waals surface area contributed by atoms with Crippen LogP contribution >= 0.6 is 23.5 Å². The normalized spacial score (nSPS) is 11.9. The average Bonchev–Trinajstić information content (AvgIpc) is 3.03. The molecule has 0 amide bonds. The second-order valence-electron chi connectivity index (χ2n) is 10.8. The Hall–Kier alpha value is 0.270. The van der Waals surface area contributed by atoms with Crippen LogP contribution < -0.4 is 128 Å². The smallest absolute Gasteiger partial charge is 0.748 e. The van der Waals surface area contributed by atoms with Gasteiger partial charge in [0.1, 0.15) is 37.4 Å². The van der Waals surface area contributed by atoms with E-state index in [4.69, 9.17) is 0 Å². The first-order valence-corrected chi connectivity index (χ1v) is 22.5. The molecule has 0 aliphatic carbocycles. The van der Waals surface area contributed by atoms with E-state index in [1.54, 1.807) is 0 Å². The number of aromatic hydroxyl groups is 1. The third-order valence-electron chi connectivity index (χ3n) is 6.83. The average molecular weight is 942 g/mol. The van der Waals surface area contributed by atoms with Crippen molar-refractivity contribution in [2.75, 3.05) is 47.3 Å².